The number of nitrogen functional groups attached to an aromatic ring is 2. The van der Waals surface area contributed by atoms with Crippen molar-refractivity contribution in [3.8, 4) is 0 Å². The summed E-state index contributed by atoms with van der Waals surface area (Å²) >= 11 is 2.23. The molecule has 0 amide bonds. The van der Waals surface area contributed by atoms with Crippen LogP contribution in [-0.2, 0) is 75.8 Å². The molecular formula is C106H114F4N2O17S2. The Balaban J connectivity index is 0.000000127. The van der Waals surface area contributed by atoms with Crippen molar-refractivity contribution < 1.29 is 100 Å². The van der Waals surface area contributed by atoms with Crippen LogP contribution in [0.3, 0.4) is 0 Å². The molecule has 0 unspecified atom stereocenters. The van der Waals surface area contributed by atoms with E-state index < -0.39 is 176 Å². The quantitative estimate of drug-likeness (QED) is 0.0269. The molecule has 690 valence electrons. The number of carbonyl (C=O) groups is 6. The van der Waals surface area contributed by atoms with E-state index in [0.717, 1.165) is 81.3 Å². The Morgan fingerprint density at radius 3 is 1.49 bits per heavy atom. The first-order valence-corrected chi connectivity index (χ1v) is 48.0. The SMILES string of the molecule is C[C@]12C=CC(=O)C=C1CC[C@@H]1[C@@H]2[C@@H](O)C[C@@]2(C)[C@H]1C[C@H]1O[C@@H](c3ccc(Cc4cccc(N)c4)cc3)O[C@]12C(=O)CO.C[C@]12C=CC(=O)C=C1[C@@H](F)C[C@H]1[C@@H]3C[C@H]4O[C@@H](c5ccc(Cc6cccc(N)c6)cc5)O[C@@]4(C(=O)SCF)[C@@]3(C)C[C@H](O)[C@@]12F.Cc1cccc(SCc2ccc([C@@H]3O[C@@H]4C[C@H]5[C@@H]6CCC7=CC(=O)C=C[C@]7(C)[C@@]6(F)[C@@H](O)C[C@]5(C)[C@]4(C(=O)CO)O3)cc2)c1. The van der Waals surface area contributed by atoms with Gasteiger partial charge in [0.1, 0.15) is 25.4 Å². The number of hydrogen-bond acceptors (Lipinski definition) is 21. The van der Waals surface area contributed by atoms with Gasteiger partial charge >= 0.3 is 0 Å². The van der Waals surface area contributed by atoms with Gasteiger partial charge in [0.15, 0.2) is 75.9 Å². The Morgan fingerprint density at radius 1 is 0.496 bits per heavy atom. The topological polar surface area (TPSA) is 311 Å². The number of anilines is 2. The van der Waals surface area contributed by atoms with Gasteiger partial charge in [0.2, 0.25) is 5.12 Å². The van der Waals surface area contributed by atoms with E-state index in [1.165, 1.54) is 41.7 Å². The number of Topliss-reactive ketones (excluding diaryl/α,β-unsaturated/α-hetero) is 2. The number of allylic oxidation sites excluding steroid dienone is 12. The molecule has 0 spiro atoms. The zero-order valence-electron chi connectivity index (χ0n) is 74.5. The van der Waals surface area contributed by atoms with Gasteiger partial charge in [-0.1, -0.05) is 184 Å². The zero-order chi connectivity index (χ0) is 92.5. The van der Waals surface area contributed by atoms with Crippen molar-refractivity contribution >= 4 is 68.9 Å². The Labute approximate surface area is 768 Å². The highest BCUT2D eigenvalue weighted by molar-refractivity contribution is 8.13. The van der Waals surface area contributed by atoms with Crippen LogP contribution in [-0.4, -0.2) is 150 Å². The van der Waals surface area contributed by atoms with E-state index in [1.54, 1.807) is 43.8 Å². The summed E-state index contributed by atoms with van der Waals surface area (Å²) in [6, 6.07) is 46.4. The van der Waals surface area contributed by atoms with Gasteiger partial charge in [-0.05, 0) is 234 Å². The highest BCUT2D eigenvalue weighted by atomic mass is 32.2. The third kappa shape index (κ3) is 13.9. The lowest BCUT2D eigenvalue weighted by Crippen LogP contribution is -2.70. The minimum Gasteiger partial charge on any atom is -0.399 e. The van der Waals surface area contributed by atoms with Crippen molar-refractivity contribution in [1.29, 1.82) is 0 Å². The lowest BCUT2D eigenvalue weighted by molar-refractivity contribution is -0.232. The second kappa shape index (κ2) is 33.4. The lowest BCUT2D eigenvalue weighted by atomic mass is 9.44. The van der Waals surface area contributed by atoms with E-state index in [9.17, 15) is 58.7 Å². The van der Waals surface area contributed by atoms with Crippen LogP contribution in [0.1, 0.15) is 181 Å². The average Bonchev–Trinajstić information content (AvgIpc) is 1.51. The molecule has 3 aliphatic heterocycles. The van der Waals surface area contributed by atoms with Crippen molar-refractivity contribution in [2.45, 2.75) is 232 Å². The number of rotatable bonds is 16. The number of benzene rings is 6. The second-order valence-corrected chi connectivity index (χ2v) is 42.8. The van der Waals surface area contributed by atoms with E-state index in [0.29, 0.717) is 67.1 Å². The molecule has 3 saturated heterocycles. The summed E-state index contributed by atoms with van der Waals surface area (Å²) in [7, 11) is 0. The van der Waals surface area contributed by atoms with Gasteiger partial charge in [-0.25, -0.2) is 17.6 Å². The highest BCUT2D eigenvalue weighted by Gasteiger charge is 2.83. The van der Waals surface area contributed by atoms with Crippen LogP contribution in [0.5, 0.6) is 0 Å². The van der Waals surface area contributed by atoms with Crippen molar-refractivity contribution in [2.24, 2.45) is 73.9 Å². The summed E-state index contributed by atoms with van der Waals surface area (Å²) in [5.74, 6) is -3.07. The molecule has 131 heavy (non-hydrogen) atoms. The predicted octanol–water partition coefficient (Wildman–Crippen LogP) is 16.6. The summed E-state index contributed by atoms with van der Waals surface area (Å²) in [4.78, 5) is 79.0. The molecule has 28 atom stereocenters. The fourth-order valence-corrected chi connectivity index (χ4v) is 30.0. The van der Waals surface area contributed by atoms with Gasteiger partial charge in [-0.3, -0.25) is 28.8 Å². The Kier molecular flexibility index (Phi) is 23.3. The third-order valence-corrected chi connectivity index (χ3v) is 36.2. The molecule has 0 aromatic heterocycles. The number of aliphatic hydroxyl groups is 5. The molecule has 21 rings (SSSR count). The predicted molar refractivity (Wildman–Crippen MR) is 486 cm³/mol. The molecule has 0 radical (unpaired) electrons. The van der Waals surface area contributed by atoms with Crippen LogP contribution < -0.4 is 11.5 Å². The minimum absolute atomic E-state index is 0.00425. The number of ketones is 5. The molecule has 9 N–H and O–H groups in total. The van der Waals surface area contributed by atoms with E-state index in [-0.39, 0.29) is 72.3 Å². The van der Waals surface area contributed by atoms with Crippen LogP contribution in [0.15, 0.2) is 222 Å². The second-order valence-electron chi connectivity index (χ2n) is 40.9. The van der Waals surface area contributed by atoms with E-state index in [4.69, 9.17) is 39.9 Å². The monoisotopic (exact) mass is 1830 g/mol. The molecule has 0 bridgehead atoms. The molecule has 6 aromatic rings. The molecule has 19 nitrogen and oxygen atoms in total. The number of hydrogen-bond donors (Lipinski definition) is 7. The summed E-state index contributed by atoms with van der Waals surface area (Å²) in [6.45, 7) is 11.9. The number of nitrogens with two attached hydrogens (primary N) is 2. The molecule has 12 aliphatic carbocycles. The van der Waals surface area contributed by atoms with Crippen molar-refractivity contribution in [3.05, 3.63) is 267 Å². The van der Waals surface area contributed by atoms with Crippen molar-refractivity contribution in [1.82, 2.24) is 0 Å². The van der Waals surface area contributed by atoms with Gasteiger partial charge in [0.05, 0.1) is 36.6 Å². The summed E-state index contributed by atoms with van der Waals surface area (Å²) < 4.78 is 104. The van der Waals surface area contributed by atoms with Gasteiger partial charge in [-0.15, -0.1) is 11.8 Å². The first kappa shape index (κ1) is 91.5. The van der Waals surface area contributed by atoms with Crippen LogP contribution in [0, 0.1) is 80.8 Å². The molecule has 12 fully saturated rings. The van der Waals surface area contributed by atoms with Gasteiger partial charge in [0, 0.05) is 89.0 Å². The summed E-state index contributed by atoms with van der Waals surface area (Å²) in [6.07, 6.45) is 8.77. The molecular weight excluding hydrogens is 1710 g/mol. The fourth-order valence-electron chi connectivity index (χ4n) is 28.3. The Bertz CT molecular complexity index is 5790. The maximum Gasteiger partial charge on any atom is 0.226 e. The first-order valence-electron chi connectivity index (χ1n) is 46.0. The van der Waals surface area contributed by atoms with Crippen LogP contribution >= 0.6 is 23.5 Å². The standard InChI is InChI=1S/C36H39FO6S.C35H36F3NO5S.C35H39NO6/c1-21-5-4-6-26(15-21)44-20-22-7-9-23(10-8-22)32-42-31-17-28-27-12-11-24-16-25(39)13-14-33(24,2)35(27,37)29(40)18-34(28,3)36(31,43-32)30(41)19-38;1-32-11-10-23(40)14-26(32)27(37)15-25-24-16-29-35(31(42)45-18-36,33(24,2)17-28(41)34(25,32)38)44-30(43-29)21-8-6-19(7-9-21)12-20-4-3-5-22(39)13-20;1-33-13-12-25(38)16-23(33)10-11-26-27-17-30-35(29(40)19-37,34(27,2)18-28(39)31(26)33)42-32(41-30)22-8-6-20(7-9-22)14-21-4-3-5-24(36)15-21/h4-10,13-16,27-29,31-32,38,40H,11-12,17-20H2,1-3H3;3-11,13-14,24-25,27-30,41H,12,15-18,39H2,1-2H3;3-9,12-13,15-16,26-28,30-32,37,39H,10-11,14,17-19,36H2,1-2H3/t27-,28-,29-,31+,32+,33-,34-,35-,36+;24-,25-,27-,28-,29+,30+,32-,33-,34-,35-;26-,27-,28-,30+,31+,32+,33-,34-,35+/m000/s1. The number of carbonyl (C=O) groups excluding carboxylic acids is 6. The molecule has 9 saturated carbocycles. The maximum atomic E-state index is 17.6. The van der Waals surface area contributed by atoms with Gasteiger partial charge in [-0.2, -0.15) is 0 Å². The van der Waals surface area contributed by atoms with Gasteiger partial charge < -0.3 is 65.4 Å². The third-order valence-electron chi connectivity index (χ3n) is 34.5. The molecule has 3 heterocycles. The fraction of sp³-hybridized carbons (Fsp3) is 0.491. The van der Waals surface area contributed by atoms with E-state index in [2.05, 4.69) is 45.0 Å². The zero-order valence-corrected chi connectivity index (χ0v) is 76.1. The number of ether oxygens (including phenoxy) is 6. The normalized spacial score (nSPS) is 40.7. The maximum absolute atomic E-state index is 17.6. The number of halogens is 4. The molecule has 25 heteroatoms. The largest absolute Gasteiger partial charge is 0.399 e. The number of fused-ring (bicyclic) bond motifs is 21. The smallest absolute Gasteiger partial charge is 0.226 e. The van der Waals surface area contributed by atoms with E-state index >= 15 is 13.2 Å². The minimum atomic E-state index is -2.31. The van der Waals surface area contributed by atoms with Gasteiger partial charge in [0.25, 0.3) is 0 Å². The Morgan fingerprint density at radius 2 is 0.954 bits per heavy atom. The number of aliphatic hydroxyl groups excluding tert-OH is 5. The average molecular weight is 1830 g/mol. The van der Waals surface area contributed by atoms with E-state index in [1.807, 2.05) is 134 Å². The van der Waals surface area contributed by atoms with Crippen LogP contribution in [0.4, 0.5) is 28.9 Å². The summed E-state index contributed by atoms with van der Waals surface area (Å²) in [5, 5.41) is 55.0. The number of alkyl halides is 4. The first-order chi connectivity index (χ1) is 62.4. The Hall–Kier alpha value is -8.64. The summed E-state index contributed by atoms with van der Waals surface area (Å²) in [5.41, 5.74) is 9.19. The number of thioether (sulfide) groups is 2. The molecule has 15 aliphatic rings. The lowest BCUT2D eigenvalue weighted by Gasteiger charge is -2.63. The van der Waals surface area contributed by atoms with Crippen molar-refractivity contribution in [2.75, 3.05) is 30.7 Å². The molecule has 6 aromatic carbocycles. The highest BCUT2D eigenvalue weighted by Crippen LogP contribution is 2.77. The van der Waals surface area contributed by atoms with Crippen LogP contribution in [0.25, 0.3) is 0 Å². The van der Waals surface area contributed by atoms with Crippen LogP contribution in [0.2, 0.25) is 0 Å². The van der Waals surface area contributed by atoms with Crippen molar-refractivity contribution in [3.63, 3.8) is 0 Å². The number of aryl methyl sites for hydroxylation is 1.